The number of aryl methyl sites for hydroxylation is 1. The molecule has 0 aliphatic rings. The first-order valence-corrected chi connectivity index (χ1v) is 6.77. The molecule has 3 nitrogen and oxygen atoms in total. The zero-order chi connectivity index (χ0) is 12.0. The zero-order valence-electron chi connectivity index (χ0n) is 10.5. The van der Waals surface area contributed by atoms with E-state index in [2.05, 4.69) is 24.2 Å². The minimum atomic E-state index is -0.240. The van der Waals surface area contributed by atoms with Crippen LogP contribution in [0.25, 0.3) is 0 Å². The molecule has 0 unspecified atom stereocenters. The molecule has 1 aromatic rings. The third-order valence-electron chi connectivity index (χ3n) is 3.06. The van der Waals surface area contributed by atoms with E-state index in [9.17, 15) is 0 Å². The predicted octanol–water partition coefficient (Wildman–Crippen LogP) is 2.70. The molecule has 0 fully saturated rings. The Bertz CT molecular complexity index is 308. The second-order valence-corrected chi connectivity index (χ2v) is 5.03. The van der Waals surface area contributed by atoms with Crippen LogP contribution in [0.4, 0.5) is 0 Å². The second-order valence-electron chi connectivity index (χ2n) is 4.09. The number of rotatable bonds is 7. The lowest BCUT2D eigenvalue weighted by atomic mass is 9.91. The van der Waals surface area contributed by atoms with Crippen molar-refractivity contribution < 1.29 is 4.74 Å². The highest BCUT2D eigenvalue weighted by atomic mass is 32.1. The van der Waals surface area contributed by atoms with E-state index in [0.29, 0.717) is 0 Å². The Balaban J connectivity index is 2.63. The molecule has 0 saturated heterocycles. The van der Waals surface area contributed by atoms with Gasteiger partial charge in [-0.3, -0.25) is 0 Å². The molecule has 4 heteroatoms. The maximum Gasteiger partial charge on any atom is 0.0929 e. The first-order valence-electron chi connectivity index (χ1n) is 5.89. The van der Waals surface area contributed by atoms with Crippen LogP contribution in [-0.2, 0) is 16.7 Å². The van der Waals surface area contributed by atoms with Gasteiger partial charge in [-0.15, -0.1) is 11.3 Å². The molecule has 0 saturated carbocycles. The predicted molar refractivity (Wildman–Crippen MR) is 68.8 cm³/mol. The van der Waals surface area contributed by atoms with Crippen LogP contribution in [0.2, 0.25) is 0 Å². The Morgan fingerprint density at radius 1 is 1.44 bits per heavy atom. The first-order chi connectivity index (χ1) is 7.66. The lowest BCUT2D eigenvalue weighted by Crippen LogP contribution is -2.35. The van der Waals surface area contributed by atoms with E-state index in [0.717, 1.165) is 38.0 Å². The van der Waals surface area contributed by atoms with Crippen LogP contribution in [0.15, 0.2) is 5.38 Å². The van der Waals surface area contributed by atoms with Crippen molar-refractivity contribution in [3.8, 4) is 0 Å². The van der Waals surface area contributed by atoms with Gasteiger partial charge in [0, 0.05) is 25.5 Å². The summed E-state index contributed by atoms with van der Waals surface area (Å²) in [6.07, 6.45) is 3.89. The number of nitrogens with zero attached hydrogens (tertiary/aromatic N) is 1. The minimum absolute atomic E-state index is 0.240. The van der Waals surface area contributed by atoms with E-state index in [4.69, 9.17) is 10.5 Å². The fourth-order valence-corrected chi connectivity index (χ4v) is 2.58. The third kappa shape index (κ3) is 3.27. The van der Waals surface area contributed by atoms with E-state index in [-0.39, 0.29) is 5.54 Å². The van der Waals surface area contributed by atoms with E-state index >= 15 is 0 Å². The Labute approximate surface area is 102 Å². The van der Waals surface area contributed by atoms with Gasteiger partial charge >= 0.3 is 0 Å². The van der Waals surface area contributed by atoms with E-state index in [1.54, 1.807) is 18.4 Å². The molecule has 2 N–H and O–H groups in total. The Morgan fingerprint density at radius 3 is 2.69 bits per heavy atom. The van der Waals surface area contributed by atoms with Gasteiger partial charge in [0.25, 0.3) is 0 Å². The first kappa shape index (κ1) is 13.6. The van der Waals surface area contributed by atoms with Crippen LogP contribution >= 0.6 is 11.3 Å². The molecule has 0 spiro atoms. The maximum absolute atomic E-state index is 6.31. The molecule has 1 heterocycles. The van der Waals surface area contributed by atoms with Crippen molar-refractivity contribution in [3.63, 3.8) is 0 Å². The highest BCUT2D eigenvalue weighted by Crippen LogP contribution is 2.27. The highest BCUT2D eigenvalue weighted by molar-refractivity contribution is 7.09. The molecule has 0 atom stereocenters. The molecule has 1 rings (SSSR count). The van der Waals surface area contributed by atoms with Crippen molar-refractivity contribution in [2.75, 3.05) is 13.7 Å². The fourth-order valence-electron chi connectivity index (χ4n) is 1.63. The van der Waals surface area contributed by atoms with Crippen LogP contribution in [-0.4, -0.2) is 18.7 Å². The molecule has 0 aliphatic heterocycles. The summed E-state index contributed by atoms with van der Waals surface area (Å²) in [4.78, 5) is 4.63. The number of thiazole rings is 1. The summed E-state index contributed by atoms with van der Waals surface area (Å²) in [5, 5.41) is 3.28. The van der Waals surface area contributed by atoms with Gasteiger partial charge in [0.15, 0.2) is 0 Å². The number of hydrogen-bond acceptors (Lipinski definition) is 4. The molecule has 92 valence electrons. The van der Waals surface area contributed by atoms with E-state index < -0.39 is 0 Å². The summed E-state index contributed by atoms with van der Waals surface area (Å²) in [6.45, 7) is 5.03. The normalized spacial score (nSPS) is 12.0. The van der Waals surface area contributed by atoms with Gasteiger partial charge in [0.05, 0.1) is 16.2 Å². The SMILES string of the molecule is CCC(N)(CC)c1csc(CCCOC)n1. The smallest absolute Gasteiger partial charge is 0.0929 e. The molecule has 16 heavy (non-hydrogen) atoms. The van der Waals surface area contributed by atoms with Gasteiger partial charge in [0.2, 0.25) is 0 Å². The van der Waals surface area contributed by atoms with Gasteiger partial charge in [-0.1, -0.05) is 13.8 Å². The van der Waals surface area contributed by atoms with Crippen LogP contribution in [0.5, 0.6) is 0 Å². The standard InChI is InChI=1S/C12H22N2OS/c1-4-12(13,5-2)10-9-16-11(14-10)7-6-8-15-3/h9H,4-8,13H2,1-3H3. The van der Waals surface area contributed by atoms with Crippen LogP contribution in [0.3, 0.4) is 0 Å². The zero-order valence-corrected chi connectivity index (χ0v) is 11.3. The number of aromatic nitrogens is 1. The summed E-state index contributed by atoms with van der Waals surface area (Å²) >= 11 is 1.71. The van der Waals surface area contributed by atoms with Gasteiger partial charge in [0.1, 0.15) is 0 Å². The van der Waals surface area contributed by atoms with Crippen LogP contribution in [0, 0.1) is 0 Å². The number of methoxy groups -OCH3 is 1. The topological polar surface area (TPSA) is 48.1 Å². The maximum atomic E-state index is 6.31. The molecule has 0 aromatic carbocycles. The molecule has 0 amide bonds. The van der Waals surface area contributed by atoms with Crippen LogP contribution in [0.1, 0.15) is 43.8 Å². The summed E-state index contributed by atoms with van der Waals surface area (Å²) in [5.41, 5.74) is 7.12. The Hall–Kier alpha value is -0.450. The fraction of sp³-hybridized carbons (Fsp3) is 0.750. The van der Waals surface area contributed by atoms with Gasteiger partial charge < -0.3 is 10.5 Å². The highest BCUT2D eigenvalue weighted by Gasteiger charge is 2.25. The minimum Gasteiger partial charge on any atom is -0.385 e. The average Bonchev–Trinajstić information content (AvgIpc) is 2.78. The van der Waals surface area contributed by atoms with Gasteiger partial charge in [-0.2, -0.15) is 0 Å². The Kier molecular flexibility index (Phi) is 5.38. The molecular weight excluding hydrogens is 220 g/mol. The average molecular weight is 242 g/mol. The van der Waals surface area contributed by atoms with Gasteiger partial charge in [-0.25, -0.2) is 4.98 Å². The molecule has 0 aliphatic carbocycles. The van der Waals surface area contributed by atoms with Crippen molar-refractivity contribution in [3.05, 3.63) is 16.1 Å². The summed E-state index contributed by atoms with van der Waals surface area (Å²) in [7, 11) is 1.73. The molecule has 0 bridgehead atoms. The van der Waals surface area contributed by atoms with Crippen molar-refractivity contribution in [2.45, 2.75) is 45.1 Å². The van der Waals surface area contributed by atoms with Gasteiger partial charge in [-0.05, 0) is 19.3 Å². The third-order valence-corrected chi connectivity index (χ3v) is 3.97. The van der Waals surface area contributed by atoms with E-state index in [1.165, 1.54) is 5.01 Å². The summed E-state index contributed by atoms with van der Waals surface area (Å²) < 4.78 is 5.03. The van der Waals surface area contributed by atoms with E-state index in [1.807, 2.05) is 0 Å². The molecule has 1 aromatic heterocycles. The lowest BCUT2D eigenvalue weighted by Gasteiger charge is -2.24. The van der Waals surface area contributed by atoms with Crippen molar-refractivity contribution in [2.24, 2.45) is 5.73 Å². The number of ether oxygens (including phenoxy) is 1. The lowest BCUT2D eigenvalue weighted by molar-refractivity contribution is 0.195. The monoisotopic (exact) mass is 242 g/mol. The van der Waals surface area contributed by atoms with Crippen molar-refractivity contribution >= 4 is 11.3 Å². The molecular formula is C12H22N2OS. The van der Waals surface area contributed by atoms with Crippen molar-refractivity contribution in [1.29, 1.82) is 0 Å². The largest absolute Gasteiger partial charge is 0.385 e. The summed E-state index contributed by atoms with van der Waals surface area (Å²) in [5.74, 6) is 0. The second kappa shape index (κ2) is 6.33. The Morgan fingerprint density at radius 2 is 2.12 bits per heavy atom. The summed E-state index contributed by atoms with van der Waals surface area (Å²) in [6, 6.07) is 0. The number of hydrogen-bond donors (Lipinski definition) is 1. The molecule has 0 radical (unpaired) electrons. The number of nitrogens with two attached hydrogens (primary N) is 1. The van der Waals surface area contributed by atoms with Crippen molar-refractivity contribution in [1.82, 2.24) is 4.98 Å². The van der Waals surface area contributed by atoms with Crippen LogP contribution < -0.4 is 5.73 Å². The quantitative estimate of drug-likeness (QED) is 0.748.